The Labute approximate surface area is 111 Å². The lowest BCUT2D eigenvalue weighted by molar-refractivity contribution is -0.119. The molecule has 0 heterocycles. The number of nitrogens with two attached hydrogens (primary N) is 1. The van der Waals surface area contributed by atoms with Gasteiger partial charge in [0.15, 0.2) is 0 Å². The zero-order valence-corrected chi connectivity index (χ0v) is 11.0. The minimum atomic E-state index is -0.714. The van der Waals surface area contributed by atoms with Crippen molar-refractivity contribution in [2.24, 2.45) is 5.73 Å². The Morgan fingerprint density at radius 2 is 2.11 bits per heavy atom. The largest absolute Gasteiger partial charge is 0.465 e. The smallest absolute Gasteiger partial charge is 0.340 e. The van der Waals surface area contributed by atoms with Gasteiger partial charge in [-0.1, -0.05) is 13.0 Å². The Bertz CT molecular complexity index is 477. The van der Waals surface area contributed by atoms with Crippen LogP contribution in [0, 0.1) is 5.82 Å². The summed E-state index contributed by atoms with van der Waals surface area (Å²) in [6.07, 6.45) is 0. The Hall–Kier alpha value is -1.95. The summed E-state index contributed by atoms with van der Waals surface area (Å²) in [5, 5.41) is 0. The number of primary amides is 1. The van der Waals surface area contributed by atoms with Gasteiger partial charge in [-0.05, 0) is 24.2 Å². The number of methoxy groups -OCH3 is 1. The molecule has 1 aromatic carbocycles. The van der Waals surface area contributed by atoms with Crippen molar-refractivity contribution in [2.75, 3.05) is 20.2 Å². The lowest BCUT2D eigenvalue weighted by atomic mass is 10.1. The molecule has 1 aromatic rings. The number of ether oxygens (including phenoxy) is 1. The highest BCUT2D eigenvalue weighted by Gasteiger charge is 2.13. The maximum Gasteiger partial charge on any atom is 0.340 e. The van der Waals surface area contributed by atoms with Crippen LogP contribution in [-0.2, 0) is 16.1 Å². The molecule has 0 unspecified atom stereocenters. The average Bonchev–Trinajstić information content (AvgIpc) is 2.36. The van der Waals surface area contributed by atoms with Crippen molar-refractivity contribution in [3.8, 4) is 0 Å². The van der Waals surface area contributed by atoms with Crippen LogP contribution in [0.1, 0.15) is 22.8 Å². The predicted octanol–water partition coefficient (Wildman–Crippen LogP) is 0.919. The van der Waals surface area contributed by atoms with Gasteiger partial charge < -0.3 is 10.5 Å². The van der Waals surface area contributed by atoms with E-state index in [1.807, 2.05) is 6.92 Å². The summed E-state index contributed by atoms with van der Waals surface area (Å²) in [5.74, 6) is -1.79. The van der Waals surface area contributed by atoms with E-state index in [1.165, 1.54) is 19.2 Å². The quantitative estimate of drug-likeness (QED) is 0.779. The topological polar surface area (TPSA) is 72.6 Å². The van der Waals surface area contributed by atoms with Crippen LogP contribution in [0.2, 0.25) is 0 Å². The van der Waals surface area contributed by atoms with E-state index in [2.05, 4.69) is 4.74 Å². The van der Waals surface area contributed by atoms with Crippen LogP contribution in [0.4, 0.5) is 4.39 Å². The molecule has 0 radical (unpaired) electrons. The number of nitrogens with zero attached hydrogens (tertiary/aromatic N) is 1. The number of carbonyl (C=O) groups is 2. The van der Waals surface area contributed by atoms with Gasteiger partial charge in [0.25, 0.3) is 0 Å². The number of esters is 1. The Balaban J connectivity index is 2.83. The molecular weight excluding hydrogens is 251 g/mol. The molecule has 0 saturated heterocycles. The standard InChI is InChI=1S/C13H17FN2O3/c1-3-16(8-12(15)17)7-9-4-5-10(11(14)6-9)13(18)19-2/h4-6H,3,7-8H2,1-2H3,(H2,15,17). The number of halogens is 1. The number of benzene rings is 1. The zero-order chi connectivity index (χ0) is 14.4. The van der Waals surface area contributed by atoms with E-state index in [4.69, 9.17) is 5.73 Å². The van der Waals surface area contributed by atoms with Crippen molar-refractivity contribution in [2.45, 2.75) is 13.5 Å². The minimum Gasteiger partial charge on any atom is -0.465 e. The second kappa shape index (κ2) is 6.84. The third kappa shape index (κ3) is 4.33. The summed E-state index contributed by atoms with van der Waals surface area (Å²) in [7, 11) is 1.20. The predicted molar refractivity (Wildman–Crippen MR) is 67.9 cm³/mol. The van der Waals surface area contributed by atoms with E-state index in [0.717, 1.165) is 0 Å². The number of carbonyl (C=O) groups excluding carboxylic acids is 2. The zero-order valence-electron chi connectivity index (χ0n) is 11.0. The monoisotopic (exact) mass is 268 g/mol. The van der Waals surface area contributed by atoms with E-state index < -0.39 is 17.7 Å². The molecule has 2 N–H and O–H groups in total. The van der Waals surface area contributed by atoms with Gasteiger partial charge in [0, 0.05) is 6.54 Å². The molecule has 104 valence electrons. The molecular formula is C13H17FN2O3. The van der Waals surface area contributed by atoms with Gasteiger partial charge in [-0.3, -0.25) is 9.69 Å². The van der Waals surface area contributed by atoms with E-state index >= 15 is 0 Å². The molecule has 0 aromatic heterocycles. The first-order valence-electron chi connectivity index (χ1n) is 5.85. The SMILES string of the molecule is CCN(CC(N)=O)Cc1ccc(C(=O)OC)c(F)c1. The van der Waals surface area contributed by atoms with Crippen LogP contribution >= 0.6 is 0 Å². The van der Waals surface area contributed by atoms with Crippen molar-refractivity contribution < 1.29 is 18.7 Å². The third-order valence-electron chi connectivity index (χ3n) is 2.67. The Morgan fingerprint density at radius 3 is 2.58 bits per heavy atom. The molecule has 1 rings (SSSR count). The lowest BCUT2D eigenvalue weighted by Crippen LogP contribution is -2.33. The van der Waals surface area contributed by atoms with Crippen LogP contribution in [0.3, 0.4) is 0 Å². The van der Waals surface area contributed by atoms with E-state index in [9.17, 15) is 14.0 Å². The van der Waals surface area contributed by atoms with Crippen molar-refractivity contribution in [3.63, 3.8) is 0 Å². The van der Waals surface area contributed by atoms with Crippen LogP contribution in [0.25, 0.3) is 0 Å². The second-order valence-electron chi connectivity index (χ2n) is 4.08. The van der Waals surface area contributed by atoms with Gasteiger partial charge in [0.2, 0.25) is 5.91 Å². The summed E-state index contributed by atoms with van der Waals surface area (Å²) in [4.78, 5) is 23.9. The summed E-state index contributed by atoms with van der Waals surface area (Å²) in [6, 6.07) is 4.25. The fraction of sp³-hybridized carbons (Fsp3) is 0.385. The van der Waals surface area contributed by atoms with Gasteiger partial charge in [-0.25, -0.2) is 9.18 Å². The minimum absolute atomic E-state index is 0.107. The molecule has 0 saturated carbocycles. The normalized spacial score (nSPS) is 10.5. The van der Waals surface area contributed by atoms with Crippen molar-refractivity contribution in [1.29, 1.82) is 0 Å². The molecule has 19 heavy (non-hydrogen) atoms. The molecule has 0 fully saturated rings. The van der Waals surface area contributed by atoms with Crippen LogP contribution < -0.4 is 5.73 Å². The first-order chi connectivity index (χ1) is 8.97. The first-order valence-corrected chi connectivity index (χ1v) is 5.85. The van der Waals surface area contributed by atoms with Gasteiger partial charge in [0.05, 0.1) is 19.2 Å². The van der Waals surface area contributed by atoms with E-state index in [-0.39, 0.29) is 12.1 Å². The number of rotatable bonds is 6. The first kappa shape index (κ1) is 15.1. The lowest BCUT2D eigenvalue weighted by Gasteiger charge is -2.18. The van der Waals surface area contributed by atoms with Gasteiger partial charge >= 0.3 is 5.97 Å². The van der Waals surface area contributed by atoms with Crippen LogP contribution in [-0.4, -0.2) is 37.0 Å². The highest BCUT2D eigenvalue weighted by molar-refractivity contribution is 5.89. The van der Waals surface area contributed by atoms with Gasteiger partial charge in [-0.2, -0.15) is 0 Å². The molecule has 0 bridgehead atoms. The van der Waals surface area contributed by atoms with Crippen molar-refractivity contribution in [1.82, 2.24) is 4.90 Å². The van der Waals surface area contributed by atoms with E-state index in [1.54, 1.807) is 11.0 Å². The molecule has 0 spiro atoms. The maximum absolute atomic E-state index is 13.7. The molecule has 0 atom stereocenters. The maximum atomic E-state index is 13.7. The van der Waals surface area contributed by atoms with Gasteiger partial charge in [-0.15, -0.1) is 0 Å². The Morgan fingerprint density at radius 1 is 1.42 bits per heavy atom. The molecule has 0 aliphatic rings. The fourth-order valence-electron chi connectivity index (χ4n) is 1.69. The average molecular weight is 268 g/mol. The van der Waals surface area contributed by atoms with E-state index in [0.29, 0.717) is 18.7 Å². The number of hydrogen-bond acceptors (Lipinski definition) is 4. The van der Waals surface area contributed by atoms with Gasteiger partial charge in [0.1, 0.15) is 5.82 Å². The number of amides is 1. The molecule has 0 aliphatic heterocycles. The number of likely N-dealkylation sites (N-methyl/N-ethyl adjacent to an activating group) is 1. The second-order valence-corrected chi connectivity index (χ2v) is 4.08. The van der Waals surface area contributed by atoms with Crippen LogP contribution in [0.15, 0.2) is 18.2 Å². The molecule has 0 aliphatic carbocycles. The summed E-state index contributed by atoms with van der Waals surface area (Å²) in [5.41, 5.74) is 5.67. The summed E-state index contributed by atoms with van der Waals surface area (Å²) < 4.78 is 18.2. The van der Waals surface area contributed by atoms with Crippen molar-refractivity contribution >= 4 is 11.9 Å². The summed E-state index contributed by atoms with van der Waals surface area (Å²) in [6.45, 7) is 2.99. The summed E-state index contributed by atoms with van der Waals surface area (Å²) >= 11 is 0. The van der Waals surface area contributed by atoms with Crippen LogP contribution in [0.5, 0.6) is 0 Å². The third-order valence-corrected chi connectivity index (χ3v) is 2.67. The number of hydrogen-bond donors (Lipinski definition) is 1. The highest BCUT2D eigenvalue weighted by atomic mass is 19.1. The molecule has 1 amide bonds. The molecule has 5 nitrogen and oxygen atoms in total. The fourth-order valence-corrected chi connectivity index (χ4v) is 1.69. The highest BCUT2D eigenvalue weighted by Crippen LogP contribution is 2.13. The Kier molecular flexibility index (Phi) is 5.44. The molecule has 6 heteroatoms. The van der Waals surface area contributed by atoms with Crippen molar-refractivity contribution in [3.05, 3.63) is 35.1 Å².